The van der Waals surface area contributed by atoms with Crippen molar-refractivity contribution < 1.29 is 64.6 Å². The fraction of sp³-hybridized carbons (Fsp3) is 0.646. The van der Waals surface area contributed by atoms with Crippen LogP contribution >= 0.6 is 0 Å². The maximum absolute atomic E-state index is 13.2. The molecule has 1 amide bonds. The number of hydrogen-bond donors (Lipinski definition) is 9. The van der Waals surface area contributed by atoms with Crippen molar-refractivity contribution in [3.8, 4) is 0 Å². The summed E-state index contributed by atoms with van der Waals surface area (Å²) < 4.78 is 22.7. The number of rotatable bonds is 45. The number of allylic oxidation sites excluding steroid dienone is 21. The van der Waals surface area contributed by atoms with E-state index < -0.39 is 86.8 Å². The van der Waals surface area contributed by atoms with Crippen LogP contribution in [0, 0.1) is 0 Å². The molecule has 2 saturated heterocycles. The van der Waals surface area contributed by atoms with Gasteiger partial charge in [-0.1, -0.05) is 192 Å². The van der Waals surface area contributed by atoms with Crippen LogP contribution in [0.2, 0.25) is 0 Å². The van der Waals surface area contributed by atoms with Crippen molar-refractivity contribution >= 4 is 5.91 Å². The number of amides is 1. The van der Waals surface area contributed by atoms with E-state index in [0.29, 0.717) is 12.8 Å². The van der Waals surface area contributed by atoms with Crippen LogP contribution in [0.1, 0.15) is 174 Å². The van der Waals surface area contributed by atoms with E-state index in [4.69, 9.17) is 18.9 Å². The molecule has 0 aromatic heterocycles. The van der Waals surface area contributed by atoms with E-state index >= 15 is 0 Å². The van der Waals surface area contributed by atoms with Crippen molar-refractivity contribution in [1.29, 1.82) is 0 Å². The van der Waals surface area contributed by atoms with Crippen molar-refractivity contribution in [2.75, 3.05) is 19.8 Å². The molecule has 0 aromatic rings. The second kappa shape index (κ2) is 48.8. The van der Waals surface area contributed by atoms with Crippen molar-refractivity contribution in [3.05, 3.63) is 134 Å². The smallest absolute Gasteiger partial charge is 0.220 e. The summed E-state index contributed by atoms with van der Waals surface area (Å²) in [5.41, 5.74) is 0. The summed E-state index contributed by atoms with van der Waals surface area (Å²) in [5, 5.41) is 87.0. The number of aliphatic hydroxyl groups excluding tert-OH is 8. The molecule has 0 bridgehead atoms. The van der Waals surface area contributed by atoms with Crippen LogP contribution in [-0.4, -0.2) is 140 Å². The van der Waals surface area contributed by atoms with Crippen LogP contribution in [-0.2, 0) is 23.7 Å². The first-order valence-corrected chi connectivity index (χ1v) is 29.9. The Morgan fingerprint density at radius 2 is 0.886 bits per heavy atom. The predicted molar refractivity (Wildman–Crippen MR) is 318 cm³/mol. The van der Waals surface area contributed by atoms with E-state index in [1.165, 1.54) is 38.5 Å². The van der Waals surface area contributed by atoms with E-state index in [-0.39, 0.29) is 18.9 Å². The third kappa shape index (κ3) is 34.2. The molecule has 14 heteroatoms. The second-order valence-corrected chi connectivity index (χ2v) is 20.4. The zero-order valence-electron chi connectivity index (χ0n) is 48.0. The van der Waals surface area contributed by atoms with Crippen LogP contribution in [0.5, 0.6) is 0 Å². The largest absolute Gasteiger partial charge is 0.394 e. The lowest BCUT2D eigenvalue weighted by atomic mass is 9.97. The highest BCUT2D eigenvalue weighted by Crippen LogP contribution is 2.30. The number of carbonyl (C=O) groups is 1. The number of carbonyl (C=O) groups excluding carboxylic acids is 1. The molecule has 448 valence electrons. The van der Waals surface area contributed by atoms with Gasteiger partial charge in [-0.2, -0.15) is 0 Å². The summed E-state index contributed by atoms with van der Waals surface area (Å²) in [6.45, 7) is 2.60. The Bertz CT molecular complexity index is 1830. The summed E-state index contributed by atoms with van der Waals surface area (Å²) in [4.78, 5) is 13.2. The monoisotopic (exact) mass is 1110 g/mol. The first-order chi connectivity index (χ1) is 38.6. The summed E-state index contributed by atoms with van der Waals surface area (Å²) in [6.07, 6.45) is 54.8. The van der Waals surface area contributed by atoms with Gasteiger partial charge in [0, 0.05) is 6.42 Å². The summed E-state index contributed by atoms with van der Waals surface area (Å²) in [7, 11) is 0. The molecule has 2 aliphatic heterocycles. The van der Waals surface area contributed by atoms with Gasteiger partial charge in [-0.15, -0.1) is 0 Å². The third-order valence-electron chi connectivity index (χ3n) is 13.5. The van der Waals surface area contributed by atoms with Crippen molar-refractivity contribution in [2.24, 2.45) is 0 Å². The van der Waals surface area contributed by atoms with E-state index in [9.17, 15) is 45.6 Å². The lowest BCUT2D eigenvalue weighted by Gasteiger charge is -2.46. The molecule has 0 radical (unpaired) electrons. The first-order valence-electron chi connectivity index (χ1n) is 29.9. The van der Waals surface area contributed by atoms with E-state index in [0.717, 1.165) is 103 Å². The Hall–Kier alpha value is -3.87. The molecule has 79 heavy (non-hydrogen) atoms. The molecule has 0 aliphatic carbocycles. The lowest BCUT2D eigenvalue weighted by Crippen LogP contribution is -2.65. The average molecular weight is 1110 g/mol. The van der Waals surface area contributed by atoms with Crippen molar-refractivity contribution in [3.63, 3.8) is 0 Å². The molecule has 12 atom stereocenters. The van der Waals surface area contributed by atoms with Gasteiger partial charge >= 0.3 is 0 Å². The second-order valence-electron chi connectivity index (χ2n) is 20.4. The maximum atomic E-state index is 13.2. The SMILES string of the molecule is CC/C=C\C/C=C\C/C=C\C/C=C\C/C=C\C/C=C\C/C=C\C/C=C\CCCCCCC(=O)NC(COC1OC(CO)C(OC2OC(CO)C(O)C(O)C2O)C(O)C1O)C(O)/C=C/CC/C=C/CC/C=C/CCCCCCCC. The van der Waals surface area contributed by atoms with Gasteiger partial charge in [0.15, 0.2) is 12.6 Å². The zero-order chi connectivity index (χ0) is 57.4. The fourth-order valence-electron chi connectivity index (χ4n) is 8.75. The van der Waals surface area contributed by atoms with Gasteiger partial charge in [-0.25, -0.2) is 0 Å². The molecule has 2 aliphatic rings. The standard InChI is InChI=1S/C65H105NO13/c1-3-5-7-9-11-13-15-17-19-21-22-23-24-25-26-27-28-29-30-31-32-33-35-37-39-41-43-45-47-49-57(70)66-53(54(69)48-46-44-42-40-38-36-34-20-18-16-14-12-10-8-6-4-2)52-76-64-62(75)60(73)63(56(51-68)78-64)79-65-61(74)59(72)58(71)55(50-67)77-65/h5,7,11,13,17-20,22-23,25-26,28-29,31-32,35,37-38,40,46,48,53-56,58-65,67-69,71-75H,3-4,6,8-10,12,14-16,21,24,27,30,33-34,36,39,41-45,47,49-52H2,1-2H3,(H,66,70)/b7-5-,13-11-,19-17-,20-18+,23-22-,26-25-,29-28-,32-31-,37-35-,40-38+,48-46+. The molecule has 0 aromatic carbocycles. The molecule has 14 nitrogen and oxygen atoms in total. The lowest BCUT2D eigenvalue weighted by molar-refractivity contribution is -0.359. The Balaban J connectivity index is 1.78. The van der Waals surface area contributed by atoms with E-state index in [1.54, 1.807) is 6.08 Å². The number of nitrogens with one attached hydrogen (secondary N) is 1. The Morgan fingerprint density at radius 3 is 1.39 bits per heavy atom. The van der Waals surface area contributed by atoms with Crippen LogP contribution < -0.4 is 5.32 Å². The van der Waals surface area contributed by atoms with Gasteiger partial charge in [0.05, 0.1) is 32.0 Å². The molecule has 2 fully saturated rings. The molecule has 0 saturated carbocycles. The normalized spacial score (nSPS) is 25.4. The number of unbranched alkanes of at least 4 members (excludes halogenated alkanes) is 12. The van der Waals surface area contributed by atoms with Crippen LogP contribution in [0.3, 0.4) is 0 Å². The Kier molecular flexibility index (Phi) is 44.0. The quantitative estimate of drug-likeness (QED) is 0.0205. The highest BCUT2D eigenvalue weighted by Gasteiger charge is 2.51. The molecular weight excluding hydrogens is 1000 g/mol. The number of hydrogen-bond acceptors (Lipinski definition) is 13. The third-order valence-corrected chi connectivity index (χ3v) is 13.5. The average Bonchev–Trinajstić information content (AvgIpc) is 3.48. The predicted octanol–water partition coefficient (Wildman–Crippen LogP) is 10.4. The Morgan fingerprint density at radius 1 is 0.468 bits per heavy atom. The highest BCUT2D eigenvalue weighted by molar-refractivity contribution is 5.76. The van der Waals surface area contributed by atoms with Crippen LogP contribution in [0.15, 0.2) is 134 Å². The topological polar surface area (TPSA) is 228 Å². The van der Waals surface area contributed by atoms with Crippen molar-refractivity contribution in [1.82, 2.24) is 5.32 Å². The zero-order valence-corrected chi connectivity index (χ0v) is 48.0. The van der Waals surface area contributed by atoms with Gasteiger partial charge in [0.2, 0.25) is 5.91 Å². The van der Waals surface area contributed by atoms with E-state index in [2.05, 4.69) is 141 Å². The minimum absolute atomic E-state index is 0.230. The van der Waals surface area contributed by atoms with Crippen LogP contribution in [0.25, 0.3) is 0 Å². The molecule has 0 spiro atoms. The Labute approximate surface area is 475 Å². The fourth-order valence-corrected chi connectivity index (χ4v) is 8.75. The molecule has 9 N–H and O–H groups in total. The minimum Gasteiger partial charge on any atom is -0.394 e. The van der Waals surface area contributed by atoms with Gasteiger partial charge in [-0.05, 0) is 109 Å². The van der Waals surface area contributed by atoms with Gasteiger partial charge in [0.1, 0.15) is 48.8 Å². The first kappa shape index (κ1) is 71.2. The minimum atomic E-state index is -1.80. The van der Waals surface area contributed by atoms with Crippen molar-refractivity contribution in [2.45, 2.75) is 248 Å². The van der Waals surface area contributed by atoms with Crippen LogP contribution in [0.4, 0.5) is 0 Å². The van der Waals surface area contributed by atoms with E-state index in [1.807, 2.05) is 6.08 Å². The maximum Gasteiger partial charge on any atom is 0.220 e. The molecule has 2 heterocycles. The van der Waals surface area contributed by atoms with Gasteiger partial charge in [0.25, 0.3) is 0 Å². The van der Waals surface area contributed by atoms with Gasteiger partial charge in [-0.3, -0.25) is 4.79 Å². The number of aliphatic hydroxyl groups is 8. The molecular formula is C65H105NO13. The van der Waals surface area contributed by atoms with Gasteiger partial charge < -0.3 is 65.1 Å². The summed E-state index contributed by atoms with van der Waals surface area (Å²) in [5.74, 6) is -0.285. The highest BCUT2D eigenvalue weighted by atomic mass is 16.7. The number of ether oxygens (including phenoxy) is 4. The molecule has 2 rings (SSSR count). The summed E-state index contributed by atoms with van der Waals surface area (Å²) >= 11 is 0. The molecule has 12 unspecified atom stereocenters. The summed E-state index contributed by atoms with van der Waals surface area (Å²) in [6, 6.07) is -0.962.